The minimum atomic E-state index is 0.192. The van der Waals surface area contributed by atoms with Crippen LogP contribution in [0.15, 0.2) is 16.5 Å². The second kappa shape index (κ2) is 6.62. The molecule has 2 fully saturated rings. The van der Waals surface area contributed by atoms with Crippen LogP contribution in [0.3, 0.4) is 0 Å². The van der Waals surface area contributed by atoms with E-state index in [0.717, 1.165) is 57.1 Å². The summed E-state index contributed by atoms with van der Waals surface area (Å²) in [6.07, 6.45) is 1.91. The van der Waals surface area contributed by atoms with E-state index in [2.05, 4.69) is 4.90 Å². The van der Waals surface area contributed by atoms with Crippen LogP contribution in [0.2, 0.25) is 0 Å². The van der Waals surface area contributed by atoms with Crippen molar-refractivity contribution >= 4 is 5.91 Å². The molecule has 0 atom stereocenters. The van der Waals surface area contributed by atoms with Gasteiger partial charge in [0.25, 0.3) is 0 Å². The van der Waals surface area contributed by atoms with Gasteiger partial charge in [-0.25, -0.2) is 0 Å². The van der Waals surface area contributed by atoms with Crippen molar-refractivity contribution in [2.75, 3.05) is 39.4 Å². The van der Waals surface area contributed by atoms with E-state index < -0.39 is 0 Å². The van der Waals surface area contributed by atoms with Crippen molar-refractivity contribution in [3.05, 3.63) is 23.7 Å². The second-order valence-corrected chi connectivity index (χ2v) is 6.00. The molecule has 1 aromatic heterocycles. The minimum Gasteiger partial charge on any atom is -0.465 e. The van der Waals surface area contributed by atoms with Crippen molar-refractivity contribution in [1.82, 2.24) is 9.80 Å². The van der Waals surface area contributed by atoms with Gasteiger partial charge in [0.05, 0.1) is 19.8 Å². The highest BCUT2D eigenvalue weighted by Crippen LogP contribution is 2.22. The molecule has 2 saturated heterocycles. The van der Waals surface area contributed by atoms with Gasteiger partial charge in [0.2, 0.25) is 5.91 Å². The van der Waals surface area contributed by atoms with Crippen LogP contribution in [-0.4, -0.2) is 55.1 Å². The number of morpholine rings is 1. The first-order chi connectivity index (χ1) is 10.2. The lowest BCUT2D eigenvalue weighted by atomic mass is 9.95. The Bertz CT molecular complexity index is 472. The molecule has 1 amide bonds. The quantitative estimate of drug-likeness (QED) is 0.850. The molecule has 2 aliphatic heterocycles. The van der Waals surface area contributed by atoms with E-state index >= 15 is 0 Å². The summed E-state index contributed by atoms with van der Waals surface area (Å²) < 4.78 is 10.9. The van der Waals surface area contributed by atoms with E-state index in [9.17, 15) is 4.79 Å². The number of hydrogen-bond donors (Lipinski definition) is 0. The number of amides is 1. The Hall–Kier alpha value is -1.33. The molecule has 0 aliphatic carbocycles. The summed E-state index contributed by atoms with van der Waals surface area (Å²) in [5.41, 5.74) is 0. The molecule has 5 nitrogen and oxygen atoms in total. The third-order valence-electron chi connectivity index (χ3n) is 4.44. The first-order valence-corrected chi connectivity index (χ1v) is 7.86. The van der Waals surface area contributed by atoms with Crippen molar-refractivity contribution in [3.8, 4) is 0 Å². The Morgan fingerprint density at radius 3 is 2.52 bits per heavy atom. The number of ether oxygens (including phenoxy) is 1. The SMILES string of the molecule is Cc1ccc(CN2CCC(C(=O)N3CCOCC3)CC2)o1. The number of furan rings is 1. The lowest BCUT2D eigenvalue weighted by Gasteiger charge is -2.35. The molecule has 0 N–H and O–H groups in total. The zero-order valence-corrected chi connectivity index (χ0v) is 12.7. The predicted molar refractivity (Wildman–Crippen MR) is 78.8 cm³/mol. The predicted octanol–water partition coefficient (Wildman–Crippen LogP) is 1.66. The highest BCUT2D eigenvalue weighted by atomic mass is 16.5. The molecule has 0 saturated carbocycles. The lowest BCUT2D eigenvalue weighted by Crippen LogP contribution is -2.46. The fourth-order valence-electron chi connectivity index (χ4n) is 3.17. The molecule has 0 aromatic carbocycles. The van der Waals surface area contributed by atoms with Crippen LogP contribution in [-0.2, 0) is 16.1 Å². The average molecular weight is 292 g/mol. The van der Waals surface area contributed by atoms with Gasteiger partial charge in [-0.2, -0.15) is 0 Å². The molecule has 116 valence electrons. The number of carbonyl (C=O) groups is 1. The highest BCUT2D eigenvalue weighted by Gasteiger charge is 2.29. The number of rotatable bonds is 3. The molecule has 5 heteroatoms. The molecular weight excluding hydrogens is 268 g/mol. The Morgan fingerprint density at radius 2 is 1.90 bits per heavy atom. The van der Waals surface area contributed by atoms with E-state index in [1.165, 1.54) is 0 Å². The zero-order valence-electron chi connectivity index (χ0n) is 12.7. The Balaban J connectivity index is 1.47. The van der Waals surface area contributed by atoms with Gasteiger partial charge < -0.3 is 14.1 Å². The van der Waals surface area contributed by atoms with Crippen molar-refractivity contribution < 1.29 is 13.9 Å². The molecule has 3 rings (SSSR count). The second-order valence-electron chi connectivity index (χ2n) is 6.00. The van der Waals surface area contributed by atoms with Crippen LogP contribution in [0.25, 0.3) is 0 Å². The van der Waals surface area contributed by atoms with Crippen LogP contribution < -0.4 is 0 Å². The third kappa shape index (κ3) is 3.66. The minimum absolute atomic E-state index is 0.192. The number of carbonyl (C=O) groups excluding carboxylic acids is 1. The third-order valence-corrected chi connectivity index (χ3v) is 4.44. The summed E-state index contributed by atoms with van der Waals surface area (Å²) in [6, 6.07) is 4.05. The monoisotopic (exact) mass is 292 g/mol. The van der Waals surface area contributed by atoms with Crippen molar-refractivity contribution in [2.24, 2.45) is 5.92 Å². The van der Waals surface area contributed by atoms with E-state index in [1.807, 2.05) is 24.0 Å². The maximum Gasteiger partial charge on any atom is 0.225 e. The van der Waals surface area contributed by atoms with Crippen molar-refractivity contribution in [3.63, 3.8) is 0 Å². The van der Waals surface area contributed by atoms with Gasteiger partial charge >= 0.3 is 0 Å². The summed E-state index contributed by atoms with van der Waals surface area (Å²) in [7, 11) is 0. The summed E-state index contributed by atoms with van der Waals surface area (Å²) in [5, 5.41) is 0. The normalized spacial score (nSPS) is 21.7. The summed E-state index contributed by atoms with van der Waals surface area (Å²) in [6.45, 7) is 7.64. The molecular formula is C16H24N2O3. The molecule has 1 aromatic rings. The summed E-state index contributed by atoms with van der Waals surface area (Å²) in [4.78, 5) is 16.8. The molecule has 0 bridgehead atoms. The van der Waals surface area contributed by atoms with Crippen molar-refractivity contribution in [2.45, 2.75) is 26.3 Å². The topological polar surface area (TPSA) is 45.9 Å². The molecule has 21 heavy (non-hydrogen) atoms. The van der Waals surface area contributed by atoms with E-state index in [4.69, 9.17) is 9.15 Å². The molecule has 0 unspecified atom stereocenters. The number of likely N-dealkylation sites (tertiary alicyclic amines) is 1. The highest BCUT2D eigenvalue weighted by molar-refractivity contribution is 5.79. The number of piperidine rings is 1. The number of hydrogen-bond acceptors (Lipinski definition) is 4. The fraction of sp³-hybridized carbons (Fsp3) is 0.688. The lowest BCUT2D eigenvalue weighted by molar-refractivity contribution is -0.141. The largest absolute Gasteiger partial charge is 0.465 e. The fourth-order valence-corrected chi connectivity index (χ4v) is 3.17. The van der Waals surface area contributed by atoms with Gasteiger partial charge in [-0.05, 0) is 45.0 Å². The van der Waals surface area contributed by atoms with E-state index in [0.29, 0.717) is 19.1 Å². The summed E-state index contributed by atoms with van der Waals surface area (Å²) >= 11 is 0. The van der Waals surface area contributed by atoms with Gasteiger partial charge in [-0.1, -0.05) is 0 Å². The number of aryl methyl sites for hydroxylation is 1. The van der Waals surface area contributed by atoms with Gasteiger partial charge in [-0.15, -0.1) is 0 Å². The van der Waals surface area contributed by atoms with Crippen LogP contribution >= 0.6 is 0 Å². The molecule has 2 aliphatic rings. The average Bonchev–Trinajstić information content (AvgIpc) is 2.93. The summed E-state index contributed by atoms with van der Waals surface area (Å²) in [5.74, 6) is 2.50. The molecule has 3 heterocycles. The van der Waals surface area contributed by atoms with E-state index in [-0.39, 0.29) is 5.92 Å². The van der Waals surface area contributed by atoms with Crippen LogP contribution in [0.4, 0.5) is 0 Å². The van der Waals surface area contributed by atoms with E-state index in [1.54, 1.807) is 0 Å². The first-order valence-electron chi connectivity index (χ1n) is 7.86. The maximum atomic E-state index is 12.5. The first kappa shape index (κ1) is 14.6. The van der Waals surface area contributed by atoms with Crippen LogP contribution in [0.5, 0.6) is 0 Å². The smallest absolute Gasteiger partial charge is 0.225 e. The van der Waals surface area contributed by atoms with Gasteiger partial charge in [0.15, 0.2) is 0 Å². The van der Waals surface area contributed by atoms with Crippen LogP contribution in [0.1, 0.15) is 24.4 Å². The van der Waals surface area contributed by atoms with Gasteiger partial charge in [-0.3, -0.25) is 9.69 Å². The standard InChI is InChI=1S/C16H24N2O3/c1-13-2-3-15(21-13)12-17-6-4-14(5-7-17)16(19)18-8-10-20-11-9-18/h2-3,14H,4-12H2,1H3. The van der Waals surface area contributed by atoms with Gasteiger partial charge in [0.1, 0.15) is 11.5 Å². The Morgan fingerprint density at radius 1 is 1.19 bits per heavy atom. The maximum absolute atomic E-state index is 12.5. The molecule has 0 spiro atoms. The Labute approximate surface area is 125 Å². The van der Waals surface area contributed by atoms with Crippen molar-refractivity contribution in [1.29, 1.82) is 0 Å². The zero-order chi connectivity index (χ0) is 14.7. The Kier molecular flexibility index (Phi) is 4.60. The number of nitrogens with zero attached hydrogens (tertiary/aromatic N) is 2. The van der Waals surface area contributed by atoms with Gasteiger partial charge in [0, 0.05) is 19.0 Å². The molecule has 0 radical (unpaired) electrons. The van der Waals surface area contributed by atoms with Crippen LogP contribution in [0, 0.1) is 12.8 Å².